The van der Waals surface area contributed by atoms with Crippen LogP contribution >= 0.6 is 0 Å². The number of carbonyl (C=O) groups excluding carboxylic acids is 1. The zero-order valence-electron chi connectivity index (χ0n) is 10.2. The molecule has 2 rings (SSSR count). The second kappa shape index (κ2) is 5.35. The van der Waals surface area contributed by atoms with Gasteiger partial charge in [-0.25, -0.2) is 4.39 Å². The molecule has 1 aromatic rings. The van der Waals surface area contributed by atoms with E-state index in [1.807, 2.05) is 0 Å². The first-order chi connectivity index (χ1) is 8.56. The molecule has 1 saturated carbocycles. The molecule has 0 unspecified atom stereocenters. The third-order valence-corrected chi connectivity index (χ3v) is 3.37. The molecule has 1 amide bonds. The number of primary amides is 1. The van der Waals surface area contributed by atoms with E-state index < -0.39 is 11.7 Å². The fraction of sp³-hybridized carbons (Fsp3) is 0.462. The van der Waals surface area contributed by atoms with Gasteiger partial charge in [0.25, 0.3) is 5.91 Å². The summed E-state index contributed by atoms with van der Waals surface area (Å²) in [5.41, 5.74) is 11.6. The van der Waals surface area contributed by atoms with Crippen LogP contribution in [0.4, 0.5) is 10.1 Å². The van der Waals surface area contributed by atoms with Gasteiger partial charge in [-0.2, -0.15) is 0 Å². The van der Waals surface area contributed by atoms with Crippen molar-refractivity contribution in [3.05, 3.63) is 29.6 Å². The van der Waals surface area contributed by atoms with E-state index in [1.165, 1.54) is 12.1 Å². The van der Waals surface area contributed by atoms with E-state index in [9.17, 15) is 9.18 Å². The molecule has 1 aliphatic rings. The van der Waals surface area contributed by atoms with Crippen LogP contribution in [0.2, 0.25) is 0 Å². The molecule has 0 saturated heterocycles. The molecule has 0 aromatic heterocycles. The van der Waals surface area contributed by atoms with E-state index in [0.29, 0.717) is 6.04 Å². The number of hydrogen-bond acceptors (Lipinski definition) is 3. The Balaban J connectivity index is 2.05. The Morgan fingerprint density at radius 1 is 1.28 bits per heavy atom. The molecule has 0 aliphatic heterocycles. The largest absolute Gasteiger partial charge is 0.382 e. The summed E-state index contributed by atoms with van der Waals surface area (Å²) in [5, 5.41) is 3.29. The Morgan fingerprint density at radius 3 is 2.56 bits per heavy atom. The highest BCUT2D eigenvalue weighted by atomic mass is 19.1. The predicted molar refractivity (Wildman–Crippen MR) is 68.8 cm³/mol. The molecule has 0 heterocycles. The molecule has 98 valence electrons. The molecule has 5 N–H and O–H groups in total. The van der Waals surface area contributed by atoms with Crippen LogP contribution in [0.1, 0.15) is 36.0 Å². The molecule has 0 radical (unpaired) electrons. The van der Waals surface area contributed by atoms with Gasteiger partial charge in [0.1, 0.15) is 5.82 Å². The van der Waals surface area contributed by atoms with Crippen molar-refractivity contribution in [2.24, 2.45) is 11.5 Å². The van der Waals surface area contributed by atoms with Gasteiger partial charge >= 0.3 is 0 Å². The lowest BCUT2D eigenvalue weighted by molar-refractivity contribution is 0.0996. The van der Waals surface area contributed by atoms with Crippen molar-refractivity contribution in [3.8, 4) is 0 Å². The van der Waals surface area contributed by atoms with E-state index in [-0.39, 0.29) is 11.6 Å². The maximum Gasteiger partial charge on any atom is 0.251 e. The molecule has 0 spiro atoms. The van der Waals surface area contributed by atoms with Crippen molar-refractivity contribution in [1.82, 2.24) is 0 Å². The van der Waals surface area contributed by atoms with E-state index in [4.69, 9.17) is 11.5 Å². The smallest absolute Gasteiger partial charge is 0.251 e. The Hall–Kier alpha value is -1.62. The molecule has 0 atom stereocenters. The van der Waals surface area contributed by atoms with Gasteiger partial charge in [0.15, 0.2) is 0 Å². The standard InChI is InChI=1S/C13H18FN3O/c14-12-6-5-10(7-11(12)13(16)18)17-9-3-1-8(15)2-4-9/h5-9,17H,1-4,15H2,(H2,16,18). The number of nitrogens with two attached hydrogens (primary N) is 2. The highest BCUT2D eigenvalue weighted by molar-refractivity contribution is 5.94. The number of amides is 1. The molecule has 5 heteroatoms. The zero-order valence-corrected chi connectivity index (χ0v) is 10.2. The van der Waals surface area contributed by atoms with Crippen molar-refractivity contribution < 1.29 is 9.18 Å². The molecule has 4 nitrogen and oxygen atoms in total. The van der Waals surface area contributed by atoms with Crippen molar-refractivity contribution in [2.75, 3.05) is 5.32 Å². The highest BCUT2D eigenvalue weighted by Crippen LogP contribution is 2.22. The number of rotatable bonds is 3. The maximum absolute atomic E-state index is 13.3. The van der Waals surface area contributed by atoms with Crippen LogP contribution in [0.15, 0.2) is 18.2 Å². The second-order valence-corrected chi connectivity index (χ2v) is 4.81. The van der Waals surface area contributed by atoms with Crippen molar-refractivity contribution in [1.29, 1.82) is 0 Å². The van der Waals surface area contributed by atoms with Gasteiger partial charge in [-0.1, -0.05) is 0 Å². The molecule has 1 aliphatic carbocycles. The van der Waals surface area contributed by atoms with E-state index >= 15 is 0 Å². The summed E-state index contributed by atoms with van der Waals surface area (Å²) in [7, 11) is 0. The van der Waals surface area contributed by atoms with E-state index in [2.05, 4.69) is 5.32 Å². The minimum atomic E-state index is -0.748. The molecule has 1 fully saturated rings. The fourth-order valence-electron chi connectivity index (χ4n) is 2.30. The second-order valence-electron chi connectivity index (χ2n) is 4.81. The molecule has 0 bridgehead atoms. The molecular formula is C13H18FN3O. The summed E-state index contributed by atoms with van der Waals surface area (Å²) < 4.78 is 13.3. The SMILES string of the molecule is NC(=O)c1cc(NC2CCC(N)CC2)ccc1F. The summed E-state index contributed by atoms with van der Waals surface area (Å²) in [5.74, 6) is -1.33. The zero-order chi connectivity index (χ0) is 13.1. The van der Waals surface area contributed by atoms with Gasteiger partial charge in [-0.15, -0.1) is 0 Å². The lowest BCUT2D eigenvalue weighted by atomic mass is 9.91. The van der Waals surface area contributed by atoms with Crippen molar-refractivity contribution >= 4 is 11.6 Å². The third kappa shape index (κ3) is 2.98. The Morgan fingerprint density at radius 2 is 1.94 bits per heavy atom. The normalized spacial score (nSPS) is 23.7. The Kier molecular flexibility index (Phi) is 3.81. The van der Waals surface area contributed by atoms with Crippen LogP contribution in [0, 0.1) is 5.82 Å². The van der Waals surface area contributed by atoms with Crippen LogP contribution < -0.4 is 16.8 Å². The van der Waals surface area contributed by atoms with Crippen molar-refractivity contribution in [3.63, 3.8) is 0 Å². The summed E-state index contributed by atoms with van der Waals surface area (Å²) in [6.45, 7) is 0. The van der Waals surface area contributed by atoms with Crippen LogP contribution in [0.3, 0.4) is 0 Å². The predicted octanol–water partition coefficient (Wildman–Crippen LogP) is 1.61. The monoisotopic (exact) mass is 251 g/mol. The maximum atomic E-state index is 13.3. The average Bonchev–Trinajstić information content (AvgIpc) is 2.34. The first-order valence-electron chi connectivity index (χ1n) is 6.17. The fourth-order valence-corrected chi connectivity index (χ4v) is 2.30. The van der Waals surface area contributed by atoms with Gasteiger partial charge in [-0.3, -0.25) is 4.79 Å². The highest BCUT2D eigenvalue weighted by Gasteiger charge is 2.18. The number of carbonyl (C=O) groups is 1. The minimum Gasteiger partial charge on any atom is -0.382 e. The summed E-state index contributed by atoms with van der Waals surface area (Å²) in [6, 6.07) is 4.97. The van der Waals surface area contributed by atoms with E-state index in [1.54, 1.807) is 6.07 Å². The van der Waals surface area contributed by atoms with Crippen LogP contribution in [-0.4, -0.2) is 18.0 Å². The van der Waals surface area contributed by atoms with Gasteiger partial charge < -0.3 is 16.8 Å². The minimum absolute atomic E-state index is 0.0764. The van der Waals surface area contributed by atoms with Crippen LogP contribution in [-0.2, 0) is 0 Å². The number of halogens is 1. The van der Waals surface area contributed by atoms with Gasteiger partial charge in [-0.05, 0) is 43.9 Å². The topological polar surface area (TPSA) is 81.1 Å². The average molecular weight is 251 g/mol. The van der Waals surface area contributed by atoms with Crippen LogP contribution in [0.5, 0.6) is 0 Å². The lowest BCUT2D eigenvalue weighted by Crippen LogP contribution is -2.32. The molecule has 18 heavy (non-hydrogen) atoms. The van der Waals surface area contributed by atoms with Crippen LogP contribution in [0.25, 0.3) is 0 Å². The summed E-state index contributed by atoms with van der Waals surface area (Å²) >= 11 is 0. The molecular weight excluding hydrogens is 233 g/mol. The lowest BCUT2D eigenvalue weighted by Gasteiger charge is -2.27. The van der Waals surface area contributed by atoms with Gasteiger partial charge in [0.2, 0.25) is 0 Å². The van der Waals surface area contributed by atoms with E-state index in [0.717, 1.165) is 31.4 Å². The third-order valence-electron chi connectivity index (χ3n) is 3.37. The first kappa shape index (κ1) is 12.8. The summed E-state index contributed by atoms with van der Waals surface area (Å²) in [4.78, 5) is 11.0. The number of hydrogen-bond donors (Lipinski definition) is 3. The number of benzene rings is 1. The number of anilines is 1. The summed E-state index contributed by atoms with van der Waals surface area (Å²) in [6.07, 6.45) is 3.96. The first-order valence-corrected chi connectivity index (χ1v) is 6.17. The van der Waals surface area contributed by atoms with Gasteiger partial charge in [0.05, 0.1) is 5.56 Å². The number of nitrogens with one attached hydrogen (secondary N) is 1. The molecule has 1 aromatic carbocycles. The Bertz CT molecular complexity index is 442. The van der Waals surface area contributed by atoms with Gasteiger partial charge in [0, 0.05) is 17.8 Å². The quantitative estimate of drug-likeness (QED) is 0.763. The Labute approximate surface area is 106 Å². The van der Waals surface area contributed by atoms with Crippen molar-refractivity contribution in [2.45, 2.75) is 37.8 Å².